The second-order valence-electron chi connectivity index (χ2n) is 3.42. The first-order valence-electron chi connectivity index (χ1n) is 4.01. The number of rotatable bonds is 3. The standard InChI is InChI=1S/C6H7F6NO4S/c1-4(15,5(7,8)9)2-3(14)13-18(16,17)6(10,11)12/h15H,2H2,1H3,(H,13,14). The molecule has 5 nitrogen and oxygen atoms in total. The van der Waals surface area contributed by atoms with Crippen molar-refractivity contribution in [2.24, 2.45) is 0 Å². The largest absolute Gasteiger partial charge is 0.516 e. The molecule has 2 N–H and O–H groups in total. The number of hydrogen-bond donors (Lipinski definition) is 2. The van der Waals surface area contributed by atoms with Gasteiger partial charge in [0.15, 0.2) is 5.60 Å². The van der Waals surface area contributed by atoms with Gasteiger partial charge in [0, 0.05) is 0 Å². The van der Waals surface area contributed by atoms with E-state index < -0.39 is 39.6 Å². The van der Waals surface area contributed by atoms with Crippen molar-refractivity contribution in [3.8, 4) is 0 Å². The van der Waals surface area contributed by atoms with Gasteiger partial charge in [0.05, 0.1) is 6.42 Å². The predicted octanol–water partition coefficient (Wildman–Crippen LogP) is 0.656. The molecule has 108 valence electrons. The molecule has 0 aliphatic carbocycles. The summed E-state index contributed by atoms with van der Waals surface area (Å²) in [5.41, 5.74) is -9.48. The molecule has 1 atom stereocenters. The Balaban J connectivity index is 4.86. The second kappa shape index (κ2) is 4.57. The quantitative estimate of drug-likeness (QED) is 0.750. The van der Waals surface area contributed by atoms with Gasteiger partial charge in [-0.15, -0.1) is 0 Å². The molecule has 0 heterocycles. The van der Waals surface area contributed by atoms with E-state index in [1.807, 2.05) is 0 Å². The van der Waals surface area contributed by atoms with E-state index in [0.717, 1.165) is 0 Å². The number of alkyl halides is 6. The molecule has 0 saturated carbocycles. The molecule has 0 rings (SSSR count). The number of aliphatic hydroxyl groups is 1. The van der Waals surface area contributed by atoms with E-state index in [4.69, 9.17) is 5.11 Å². The molecule has 0 aromatic rings. The SMILES string of the molecule is CC(O)(CC(=O)NS(=O)(=O)C(F)(F)F)C(F)(F)F. The maximum atomic E-state index is 12.1. The monoisotopic (exact) mass is 303 g/mol. The Kier molecular flexibility index (Phi) is 4.31. The smallest absolute Gasteiger partial charge is 0.380 e. The van der Waals surface area contributed by atoms with Gasteiger partial charge >= 0.3 is 21.7 Å². The van der Waals surface area contributed by atoms with Gasteiger partial charge in [-0.2, -0.15) is 34.8 Å². The molecule has 0 radical (unpaired) electrons. The summed E-state index contributed by atoms with van der Waals surface area (Å²) in [5.74, 6) is -2.13. The van der Waals surface area contributed by atoms with Crippen molar-refractivity contribution in [3.63, 3.8) is 0 Å². The molecule has 0 aliphatic heterocycles. The summed E-state index contributed by atoms with van der Waals surface area (Å²) >= 11 is 0. The topological polar surface area (TPSA) is 83.5 Å². The molecule has 12 heteroatoms. The van der Waals surface area contributed by atoms with Crippen molar-refractivity contribution < 1.29 is 44.7 Å². The van der Waals surface area contributed by atoms with Crippen LogP contribution in [0.1, 0.15) is 13.3 Å². The van der Waals surface area contributed by atoms with Crippen molar-refractivity contribution in [2.75, 3.05) is 0 Å². The third-order valence-corrected chi connectivity index (χ3v) is 2.77. The first kappa shape index (κ1) is 17.0. The summed E-state index contributed by atoms with van der Waals surface area (Å²) < 4.78 is 92.6. The highest BCUT2D eigenvalue weighted by atomic mass is 32.2. The molecule has 1 unspecified atom stereocenters. The molecule has 0 aliphatic rings. The van der Waals surface area contributed by atoms with E-state index in [2.05, 4.69) is 0 Å². The van der Waals surface area contributed by atoms with Gasteiger partial charge in [-0.25, -0.2) is 4.72 Å². The van der Waals surface area contributed by atoms with E-state index >= 15 is 0 Å². The molecule has 0 bridgehead atoms. The molecule has 0 aromatic carbocycles. The number of carbonyl (C=O) groups excluding carboxylic acids is 1. The van der Waals surface area contributed by atoms with Crippen molar-refractivity contribution in [1.82, 2.24) is 4.72 Å². The summed E-state index contributed by atoms with van der Waals surface area (Å²) in [6.07, 6.45) is -7.18. The highest BCUT2D eigenvalue weighted by Gasteiger charge is 2.53. The third kappa shape index (κ3) is 4.01. The lowest BCUT2D eigenvalue weighted by molar-refractivity contribution is -0.253. The zero-order valence-electron chi connectivity index (χ0n) is 8.56. The van der Waals surface area contributed by atoms with Crippen LogP contribution in [-0.2, 0) is 14.8 Å². The second-order valence-corrected chi connectivity index (χ2v) is 5.10. The van der Waals surface area contributed by atoms with Crippen molar-refractivity contribution >= 4 is 15.9 Å². The van der Waals surface area contributed by atoms with E-state index in [1.165, 1.54) is 0 Å². The van der Waals surface area contributed by atoms with E-state index in [9.17, 15) is 39.6 Å². The number of sulfonamides is 1. The van der Waals surface area contributed by atoms with E-state index in [1.54, 1.807) is 0 Å². The van der Waals surface area contributed by atoms with Gasteiger partial charge in [-0.1, -0.05) is 0 Å². The maximum Gasteiger partial charge on any atom is 0.516 e. The van der Waals surface area contributed by atoms with Crippen LogP contribution in [-0.4, -0.2) is 36.7 Å². The van der Waals surface area contributed by atoms with Gasteiger partial charge in [0.1, 0.15) is 0 Å². The molecule has 18 heavy (non-hydrogen) atoms. The maximum absolute atomic E-state index is 12.1. The zero-order chi connectivity index (χ0) is 15.0. The number of amides is 1. The van der Waals surface area contributed by atoms with Crippen LogP contribution in [0.25, 0.3) is 0 Å². The molecular weight excluding hydrogens is 296 g/mol. The summed E-state index contributed by atoms with van der Waals surface area (Å²) in [6, 6.07) is 0. The Hall–Kier alpha value is -1.04. The summed E-state index contributed by atoms with van der Waals surface area (Å²) in [4.78, 5) is 10.7. The first-order chi connectivity index (χ1) is 7.60. The molecular formula is C6H7F6NO4S. The summed E-state index contributed by atoms with van der Waals surface area (Å²) in [7, 11) is -6.09. The van der Waals surface area contributed by atoms with Gasteiger partial charge in [0.2, 0.25) is 5.91 Å². The van der Waals surface area contributed by atoms with Crippen LogP contribution < -0.4 is 4.72 Å². The van der Waals surface area contributed by atoms with Gasteiger partial charge < -0.3 is 5.11 Å². The fourth-order valence-electron chi connectivity index (χ4n) is 0.657. The molecule has 1 amide bonds. The van der Waals surface area contributed by atoms with E-state index in [-0.39, 0.29) is 6.92 Å². The van der Waals surface area contributed by atoms with Crippen LogP contribution in [0.15, 0.2) is 0 Å². The number of carbonyl (C=O) groups is 1. The molecule has 0 aromatic heterocycles. The number of nitrogens with one attached hydrogen (secondary N) is 1. The minimum Gasteiger partial charge on any atom is -0.380 e. The van der Waals surface area contributed by atoms with Crippen LogP contribution in [0.3, 0.4) is 0 Å². The summed E-state index contributed by atoms with van der Waals surface area (Å²) in [6.45, 7) is 0.118. The van der Waals surface area contributed by atoms with Crippen LogP contribution in [0.4, 0.5) is 26.3 Å². The molecule has 0 fully saturated rings. The molecule has 0 saturated heterocycles. The van der Waals surface area contributed by atoms with Gasteiger partial charge in [-0.05, 0) is 6.92 Å². The highest BCUT2D eigenvalue weighted by Crippen LogP contribution is 2.32. The minimum absolute atomic E-state index is 0.118. The fourth-order valence-corrected chi connectivity index (χ4v) is 1.14. The normalized spacial score (nSPS) is 17.1. The number of hydrogen-bond acceptors (Lipinski definition) is 4. The molecule has 0 spiro atoms. The predicted molar refractivity (Wildman–Crippen MR) is 44.4 cm³/mol. The lowest BCUT2D eigenvalue weighted by Crippen LogP contribution is -2.48. The Morgan fingerprint density at radius 3 is 1.83 bits per heavy atom. The Labute approximate surface area is 96.8 Å². The average Bonchev–Trinajstić information content (AvgIpc) is 1.95. The van der Waals surface area contributed by atoms with Crippen molar-refractivity contribution in [1.29, 1.82) is 0 Å². The zero-order valence-corrected chi connectivity index (χ0v) is 9.37. The lowest BCUT2D eigenvalue weighted by Gasteiger charge is -2.25. The first-order valence-corrected chi connectivity index (χ1v) is 5.49. The Bertz CT molecular complexity index is 422. The average molecular weight is 303 g/mol. The van der Waals surface area contributed by atoms with Crippen LogP contribution in [0.2, 0.25) is 0 Å². The van der Waals surface area contributed by atoms with Crippen LogP contribution in [0, 0.1) is 0 Å². The number of halogens is 6. The van der Waals surface area contributed by atoms with Crippen molar-refractivity contribution in [3.05, 3.63) is 0 Å². The third-order valence-electron chi connectivity index (χ3n) is 1.67. The van der Waals surface area contributed by atoms with Crippen LogP contribution >= 0.6 is 0 Å². The highest BCUT2D eigenvalue weighted by molar-refractivity contribution is 7.90. The summed E-state index contributed by atoms with van der Waals surface area (Å²) in [5, 5.41) is 8.76. The Morgan fingerprint density at radius 1 is 1.17 bits per heavy atom. The fraction of sp³-hybridized carbons (Fsp3) is 0.833. The van der Waals surface area contributed by atoms with E-state index in [0.29, 0.717) is 4.72 Å². The Morgan fingerprint density at radius 2 is 1.56 bits per heavy atom. The van der Waals surface area contributed by atoms with Gasteiger partial charge in [-0.3, -0.25) is 4.79 Å². The lowest BCUT2D eigenvalue weighted by atomic mass is 10.0. The van der Waals surface area contributed by atoms with Crippen LogP contribution in [0.5, 0.6) is 0 Å². The van der Waals surface area contributed by atoms with Gasteiger partial charge in [0.25, 0.3) is 0 Å². The minimum atomic E-state index is -6.09. The van der Waals surface area contributed by atoms with Crippen molar-refractivity contribution in [2.45, 2.75) is 30.6 Å².